The SMILES string of the molecule is COc1cccc(-n2c(=S)sc3c(=O)[nH]c(SCC(=O)Nc4ccc(Cl)cc4)nc32)c1. The van der Waals surface area contributed by atoms with Crippen LogP contribution in [0.1, 0.15) is 0 Å². The van der Waals surface area contributed by atoms with Crippen molar-refractivity contribution in [3.63, 3.8) is 0 Å². The molecule has 0 saturated carbocycles. The summed E-state index contributed by atoms with van der Waals surface area (Å²) in [5.41, 5.74) is 1.51. The van der Waals surface area contributed by atoms with Gasteiger partial charge in [-0.15, -0.1) is 0 Å². The molecule has 4 rings (SSSR count). The number of hydrogen-bond donors (Lipinski definition) is 2. The quantitative estimate of drug-likeness (QED) is 0.227. The van der Waals surface area contributed by atoms with E-state index in [-0.39, 0.29) is 17.2 Å². The summed E-state index contributed by atoms with van der Waals surface area (Å²) >= 11 is 13.6. The molecule has 2 heterocycles. The summed E-state index contributed by atoms with van der Waals surface area (Å²) in [6.07, 6.45) is 0. The van der Waals surface area contributed by atoms with Crippen LogP contribution in [0.2, 0.25) is 5.02 Å². The Labute approximate surface area is 195 Å². The normalized spacial score (nSPS) is 10.9. The van der Waals surface area contributed by atoms with Crippen LogP contribution in [0.4, 0.5) is 5.69 Å². The molecule has 2 aromatic carbocycles. The van der Waals surface area contributed by atoms with E-state index in [1.807, 2.05) is 24.3 Å². The minimum absolute atomic E-state index is 0.0705. The number of nitrogens with zero attached hydrogens (tertiary/aromatic N) is 2. The summed E-state index contributed by atoms with van der Waals surface area (Å²) in [4.78, 5) is 32.1. The average molecular weight is 491 g/mol. The molecule has 0 aliphatic rings. The topological polar surface area (TPSA) is 89.0 Å². The number of hydrogen-bond acceptors (Lipinski definition) is 7. The maximum absolute atomic E-state index is 12.6. The van der Waals surface area contributed by atoms with Crippen molar-refractivity contribution >= 4 is 68.9 Å². The lowest BCUT2D eigenvalue weighted by Gasteiger charge is -2.08. The largest absolute Gasteiger partial charge is 0.497 e. The van der Waals surface area contributed by atoms with Gasteiger partial charge in [0.25, 0.3) is 5.56 Å². The molecule has 7 nitrogen and oxygen atoms in total. The smallest absolute Gasteiger partial charge is 0.271 e. The first kappa shape index (κ1) is 21.6. The van der Waals surface area contributed by atoms with E-state index in [1.165, 1.54) is 11.3 Å². The number of fused-ring (bicyclic) bond motifs is 1. The molecule has 4 aromatic rings. The summed E-state index contributed by atoms with van der Waals surface area (Å²) in [5, 5.41) is 3.69. The fourth-order valence-electron chi connectivity index (χ4n) is 2.80. The van der Waals surface area contributed by atoms with E-state index >= 15 is 0 Å². The number of thiazole rings is 1. The van der Waals surface area contributed by atoms with Gasteiger partial charge in [0.1, 0.15) is 10.4 Å². The third-order valence-electron chi connectivity index (χ3n) is 4.20. The zero-order chi connectivity index (χ0) is 22.0. The Morgan fingerprint density at radius 2 is 2.10 bits per heavy atom. The highest BCUT2D eigenvalue weighted by Gasteiger charge is 2.15. The maximum atomic E-state index is 12.6. The molecule has 0 saturated heterocycles. The molecule has 0 aliphatic carbocycles. The van der Waals surface area contributed by atoms with Crippen LogP contribution in [0.3, 0.4) is 0 Å². The zero-order valence-corrected chi connectivity index (χ0v) is 19.3. The van der Waals surface area contributed by atoms with E-state index in [4.69, 9.17) is 28.6 Å². The van der Waals surface area contributed by atoms with Crippen LogP contribution in [0.5, 0.6) is 5.75 Å². The Morgan fingerprint density at radius 3 is 2.84 bits per heavy atom. The number of halogens is 1. The van der Waals surface area contributed by atoms with Gasteiger partial charge in [-0.3, -0.25) is 14.2 Å². The third kappa shape index (κ3) is 4.82. The van der Waals surface area contributed by atoms with E-state index in [2.05, 4.69) is 15.3 Å². The van der Waals surface area contributed by atoms with Gasteiger partial charge in [0, 0.05) is 16.8 Å². The monoisotopic (exact) mass is 490 g/mol. The molecule has 158 valence electrons. The first-order chi connectivity index (χ1) is 14.9. The van der Waals surface area contributed by atoms with E-state index in [0.29, 0.717) is 35.9 Å². The highest BCUT2D eigenvalue weighted by Crippen LogP contribution is 2.26. The average Bonchev–Trinajstić information content (AvgIpc) is 3.10. The standard InChI is InChI=1S/C20H15ClN4O3S3/c1-28-14-4-2-3-13(9-14)25-17-16(31-20(25)29)18(27)24-19(23-17)30-10-15(26)22-12-7-5-11(21)6-8-12/h2-9H,10H2,1H3,(H,22,26)(H,23,24,27). The van der Waals surface area contributed by atoms with Crippen LogP contribution in [-0.2, 0) is 4.79 Å². The van der Waals surface area contributed by atoms with Crippen molar-refractivity contribution in [1.82, 2.24) is 14.5 Å². The van der Waals surface area contributed by atoms with Gasteiger partial charge in [-0.05, 0) is 48.6 Å². The molecule has 0 radical (unpaired) electrons. The van der Waals surface area contributed by atoms with Crippen LogP contribution in [0.25, 0.3) is 16.0 Å². The Morgan fingerprint density at radius 1 is 1.32 bits per heavy atom. The lowest BCUT2D eigenvalue weighted by molar-refractivity contribution is -0.113. The fraction of sp³-hybridized carbons (Fsp3) is 0.100. The Hall–Kier alpha value is -2.66. The predicted octanol–water partition coefficient (Wildman–Crippen LogP) is 4.90. The van der Waals surface area contributed by atoms with Crippen molar-refractivity contribution in [3.05, 3.63) is 67.9 Å². The Bertz CT molecular complexity index is 1380. The number of carbonyl (C=O) groups excluding carboxylic acids is 1. The molecule has 11 heteroatoms. The molecule has 1 amide bonds. The minimum atomic E-state index is -0.302. The van der Waals surface area contributed by atoms with Crippen molar-refractivity contribution in [2.45, 2.75) is 5.16 Å². The van der Waals surface area contributed by atoms with Crippen LogP contribution >= 0.6 is 46.9 Å². The number of aromatic nitrogens is 3. The van der Waals surface area contributed by atoms with E-state index in [0.717, 1.165) is 17.4 Å². The molecular formula is C20H15ClN4O3S3. The van der Waals surface area contributed by atoms with Crippen LogP contribution in [-0.4, -0.2) is 33.3 Å². The second kappa shape index (κ2) is 9.23. The molecule has 0 aliphatic heterocycles. The number of carbonyl (C=O) groups is 1. The number of anilines is 1. The third-order valence-corrected chi connectivity index (χ3v) is 6.69. The summed E-state index contributed by atoms with van der Waals surface area (Å²) in [7, 11) is 1.58. The first-order valence-corrected chi connectivity index (χ1v) is 11.5. The molecule has 0 atom stereocenters. The number of ether oxygens (including phenoxy) is 1. The number of benzene rings is 2. The fourth-order valence-corrected chi connectivity index (χ4v) is 4.86. The van der Waals surface area contributed by atoms with Gasteiger partial charge in [0.2, 0.25) is 5.91 Å². The second-order valence-corrected chi connectivity index (χ2v) is 9.32. The van der Waals surface area contributed by atoms with E-state index < -0.39 is 0 Å². The molecule has 0 fully saturated rings. The highest BCUT2D eigenvalue weighted by atomic mass is 35.5. The van der Waals surface area contributed by atoms with Crippen molar-refractivity contribution in [2.75, 3.05) is 18.2 Å². The Balaban J connectivity index is 1.60. The van der Waals surface area contributed by atoms with Crippen LogP contribution in [0.15, 0.2) is 58.5 Å². The Kier molecular flexibility index (Phi) is 6.42. The summed E-state index contributed by atoms with van der Waals surface area (Å²) in [6.45, 7) is 0. The first-order valence-electron chi connectivity index (χ1n) is 8.93. The molecular weight excluding hydrogens is 476 g/mol. The van der Waals surface area contributed by atoms with Crippen molar-refractivity contribution in [3.8, 4) is 11.4 Å². The molecule has 2 N–H and O–H groups in total. The van der Waals surface area contributed by atoms with Gasteiger partial charge >= 0.3 is 0 Å². The maximum Gasteiger partial charge on any atom is 0.271 e. The predicted molar refractivity (Wildman–Crippen MR) is 128 cm³/mol. The van der Waals surface area contributed by atoms with Gasteiger partial charge in [-0.1, -0.05) is 40.8 Å². The lowest BCUT2D eigenvalue weighted by Crippen LogP contribution is -2.15. The number of amides is 1. The molecule has 2 aromatic heterocycles. The van der Waals surface area contributed by atoms with Crippen molar-refractivity contribution < 1.29 is 9.53 Å². The number of rotatable bonds is 6. The number of thioether (sulfide) groups is 1. The van der Waals surface area contributed by atoms with Crippen molar-refractivity contribution in [1.29, 1.82) is 0 Å². The summed E-state index contributed by atoms with van der Waals surface area (Å²) in [6, 6.07) is 14.1. The molecule has 0 spiro atoms. The lowest BCUT2D eigenvalue weighted by atomic mass is 10.3. The summed E-state index contributed by atoms with van der Waals surface area (Å²) in [5.74, 6) is 0.503. The van der Waals surface area contributed by atoms with Crippen molar-refractivity contribution in [2.24, 2.45) is 0 Å². The second-order valence-electron chi connectivity index (χ2n) is 6.27. The minimum Gasteiger partial charge on any atom is -0.497 e. The zero-order valence-electron chi connectivity index (χ0n) is 16.0. The molecule has 0 bridgehead atoms. The van der Waals surface area contributed by atoms with E-state index in [1.54, 1.807) is 35.9 Å². The number of aromatic amines is 1. The van der Waals surface area contributed by atoms with Gasteiger partial charge in [-0.25, -0.2) is 4.98 Å². The number of H-pyrrole nitrogens is 1. The van der Waals surface area contributed by atoms with Crippen LogP contribution in [0, 0.1) is 3.95 Å². The number of methoxy groups -OCH3 is 1. The van der Waals surface area contributed by atoms with Crippen LogP contribution < -0.4 is 15.6 Å². The van der Waals surface area contributed by atoms with Gasteiger partial charge in [0.15, 0.2) is 14.8 Å². The summed E-state index contributed by atoms with van der Waals surface area (Å²) < 4.78 is 7.92. The van der Waals surface area contributed by atoms with E-state index in [9.17, 15) is 9.59 Å². The highest BCUT2D eigenvalue weighted by molar-refractivity contribution is 7.99. The molecule has 0 unspecified atom stereocenters. The number of nitrogens with one attached hydrogen (secondary N) is 2. The van der Waals surface area contributed by atoms with Gasteiger partial charge in [-0.2, -0.15) is 0 Å². The van der Waals surface area contributed by atoms with Gasteiger partial charge in [0.05, 0.1) is 18.6 Å². The van der Waals surface area contributed by atoms with Gasteiger partial charge < -0.3 is 15.0 Å². The molecule has 31 heavy (non-hydrogen) atoms.